The van der Waals surface area contributed by atoms with Gasteiger partial charge in [0.2, 0.25) is 5.91 Å². The lowest BCUT2D eigenvalue weighted by atomic mass is 10.1. The van der Waals surface area contributed by atoms with Crippen LogP contribution in [-0.4, -0.2) is 79.9 Å². The number of benzene rings is 1. The largest absolute Gasteiger partial charge is 0.497 e. The smallest absolute Gasteiger partial charge is 0.308 e. The molecule has 0 aromatic heterocycles. The lowest BCUT2D eigenvalue weighted by Gasteiger charge is -2.26. The summed E-state index contributed by atoms with van der Waals surface area (Å²) in [4.78, 5) is 27.1. The van der Waals surface area contributed by atoms with Gasteiger partial charge in [0.05, 0.1) is 26.2 Å². The number of carbonyl (C=O) groups is 2. The zero-order valence-electron chi connectivity index (χ0n) is 15.6. The number of methoxy groups -OCH3 is 1. The summed E-state index contributed by atoms with van der Waals surface area (Å²) in [6, 6.07) is 5.49. The molecule has 27 heavy (non-hydrogen) atoms. The van der Waals surface area contributed by atoms with Gasteiger partial charge in [-0.25, -0.2) is 0 Å². The third-order valence-corrected chi connectivity index (χ3v) is 4.97. The van der Waals surface area contributed by atoms with Crippen molar-refractivity contribution >= 4 is 11.9 Å². The summed E-state index contributed by atoms with van der Waals surface area (Å²) < 4.78 is 16.6. The van der Waals surface area contributed by atoms with Crippen LogP contribution in [0.1, 0.15) is 12.0 Å². The minimum Gasteiger partial charge on any atom is -0.497 e. The van der Waals surface area contributed by atoms with E-state index in [-0.39, 0.29) is 18.9 Å². The molecule has 3 rings (SSSR count). The van der Waals surface area contributed by atoms with Gasteiger partial charge in [-0.2, -0.15) is 0 Å². The SMILES string of the molecule is COc1ccc(CN2CC(C(=O)O)CC2=O)c(OCCN2CCOCC2)c1. The van der Waals surface area contributed by atoms with E-state index in [1.807, 2.05) is 18.2 Å². The number of carboxylic acid groups (broad SMARTS) is 1. The van der Waals surface area contributed by atoms with Gasteiger partial charge in [-0.3, -0.25) is 14.5 Å². The van der Waals surface area contributed by atoms with Crippen LogP contribution in [0.5, 0.6) is 11.5 Å². The van der Waals surface area contributed by atoms with Crippen molar-refractivity contribution in [3.8, 4) is 11.5 Å². The second-order valence-corrected chi connectivity index (χ2v) is 6.79. The van der Waals surface area contributed by atoms with E-state index in [9.17, 15) is 9.59 Å². The number of amides is 1. The molecule has 1 N–H and O–H groups in total. The lowest BCUT2D eigenvalue weighted by Crippen LogP contribution is -2.38. The molecule has 1 amide bonds. The predicted molar refractivity (Wildman–Crippen MR) is 96.9 cm³/mol. The van der Waals surface area contributed by atoms with Crippen LogP contribution < -0.4 is 9.47 Å². The second kappa shape index (κ2) is 9.05. The predicted octanol–water partition coefficient (Wildman–Crippen LogP) is 0.839. The molecule has 2 aliphatic rings. The zero-order valence-corrected chi connectivity index (χ0v) is 15.6. The maximum atomic E-state index is 12.1. The van der Waals surface area contributed by atoms with E-state index >= 15 is 0 Å². The lowest BCUT2D eigenvalue weighted by molar-refractivity contribution is -0.141. The van der Waals surface area contributed by atoms with Crippen LogP contribution >= 0.6 is 0 Å². The quantitative estimate of drug-likeness (QED) is 0.717. The Bertz CT molecular complexity index is 674. The monoisotopic (exact) mass is 378 g/mol. The van der Waals surface area contributed by atoms with Crippen LogP contribution in [0.15, 0.2) is 18.2 Å². The fraction of sp³-hybridized carbons (Fsp3) is 0.579. The fourth-order valence-corrected chi connectivity index (χ4v) is 3.33. The first-order valence-corrected chi connectivity index (χ1v) is 9.17. The minimum atomic E-state index is -0.928. The van der Waals surface area contributed by atoms with Crippen molar-refractivity contribution in [3.63, 3.8) is 0 Å². The molecule has 8 heteroatoms. The van der Waals surface area contributed by atoms with E-state index in [0.717, 1.165) is 38.4 Å². The van der Waals surface area contributed by atoms with Crippen molar-refractivity contribution in [2.75, 3.05) is 53.1 Å². The van der Waals surface area contributed by atoms with Gasteiger partial charge in [0.15, 0.2) is 0 Å². The summed E-state index contributed by atoms with van der Waals surface area (Å²) in [5.41, 5.74) is 0.845. The van der Waals surface area contributed by atoms with Gasteiger partial charge < -0.3 is 24.2 Å². The topological polar surface area (TPSA) is 88.5 Å². The molecular weight excluding hydrogens is 352 g/mol. The van der Waals surface area contributed by atoms with Crippen molar-refractivity contribution < 1.29 is 28.9 Å². The van der Waals surface area contributed by atoms with Gasteiger partial charge in [0, 0.05) is 50.8 Å². The average Bonchev–Trinajstić information content (AvgIpc) is 3.05. The van der Waals surface area contributed by atoms with Crippen LogP contribution in [0.25, 0.3) is 0 Å². The Morgan fingerprint density at radius 3 is 2.78 bits per heavy atom. The van der Waals surface area contributed by atoms with Gasteiger partial charge in [-0.1, -0.05) is 0 Å². The van der Waals surface area contributed by atoms with Crippen LogP contribution in [0.4, 0.5) is 0 Å². The van der Waals surface area contributed by atoms with E-state index in [1.54, 1.807) is 12.0 Å². The van der Waals surface area contributed by atoms with E-state index < -0.39 is 11.9 Å². The number of aliphatic carboxylic acids is 1. The molecule has 0 bridgehead atoms. The Labute approximate surface area is 158 Å². The minimum absolute atomic E-state index is 0.0543. The van der Waals surface area contributed by atoms with Gasteiger partial charge >= 0.3 is 5.97 Å². The number of morpholine rings is 1. The van der Waals surface area contributed by atoms with E-state index in [2.05, 4.69) is 4.90 Å². The third kappa shape index (κ3) is 5.11. The molecule has 0 aliphatic carbocycles. The van der Waals surface area contributed by atoms with Crippen molar-refractivity contribution in [2.45, 2.75) is 13.0 Å². The first kappa shape index (κ1) is 19.4. The highest BCUT2D eigenvalue weighted by atomic mass is 16.5. The number of rotatable bonds is 8. The number of ether oxygens (including phenoxy) is 3. The summed E-state index contributed by atoms with van der Waals surface area (Å²) in [6.07, 6.45) is 0.0543. The standard InChI is InChI=1S/C19H26N2O6/c1-25-16-3-2-14(12-21-13-15(19(23)24)10-18(21)22)17(11-16)27-9-6-20-4-7-26-8-5-20/h2-3,11,15H,4-10,12-13H2,1H3,(H,23,24). The molecule has 2 saturated heterocycles. The highest BCUT2D eigenvalue weighted by Gasteiger charge is 2.34. The summed E-state index contributed by atoms with van der Waals surface area (Å²) in [7, 11) is 1.59. The molecule has 2 fully saturated rings. The number of carboxylic acids is 1. The molecule has 1 atom stereocenters. The van der Waals surface area contributed by atoms with Crippen molar-refractivity contribution in [3.05, 3.63) is 23.8 Å². The van der Waals surface area contributed by atoms with E-state index in [1.165, 1.54) is 0 Å². The Kier molecular flexibility index (Phi) is 6.52. The number of likely N-dealkylation sites (tertiary alicyclic amines) is 1. The molecule has 2 aliphatic heterocycles. The molecule has 0 radical (unpaired) electrons. The Morgan fingerprint density at radius 2 is 2.11 bits per heavy atom. The summed E-state index contributed by atoms with van der Waals surface area (Å²) in [6.45, 7) is 5.15. The average molecular weight is 378 g/mol. The normalized spacial score (nSPS) is 20.7. The van der Waals surface area contributed by atoms with Crippen molar-refractivity contribution in [1.82, 2.24) is 9.80 Å². The van der Waals surface area contributed by atoms with Crippen LogP contribution in [0.3, 0.4) is 0 Å². The Hall–Kier alpha value is -2.32. The Balaban J connectivity index is 1.63. The molecular formula is C19H26N2O6. The highest BCUT2D eigenvalue weighted by molar-refractivity contribution is 5.86. The first-order chi connectivity index (χ1) is 13.1. The van der Waals surface area contributed by atoms with Gasteiger partial charge in [-0.15, -0.1) is 0 Å². The van der Waals surface area contributed by atoms with Gasteiger partial charge in [0.25, 0.3) is 0 Å². The maximum absolute atomic E-state index is 12.1. The van der Waals surface area contributed by atoms with Crippen LogP contribution in [0, 0.1) is 5.92 Å². The van der Waals surface area contributed by atoms with Gasteiger partial charge in [0.1, 0.15) is 18.1 Å². The molecule has 1 unspecified atom stereocenters. The molecule has 8 nitrogen and oxygen atoms in total. The first-order valence-electron chi connectivity index (χ1n) is 9.17. The molecule has 0 saturated carbocycles. The fourth-order valence-electron chi connectivity index (χ4n) is 3.33. The Morgan fingerprint density at radius 1 is 1.33 bits per heavy atom. The molecule has 2 heterocycles. The van der Waals surface area contributed by atoms with Crippen molar-refractivity contribution in [1.29, 1.82) is 0 Å². The van der Waals surface area contributed by atoms with Crippen LogP contribution in [0.2, 0.25) is 0 Å². The number of hydrogen-bond donors (Lipinski definition) is 1. The second-order valence-electron chi connectivity index (χ2n) is 6.79. The van der Waals surface area contributed by atoms with Crippen molar-refractivity contribution in [2.24, 2.45) is 5.92 Å². The number of carbonyl (C=O) groups excluding carboxylic acids is 1. The summed E-state index contributed by atoms with van der Waals surface area (Å²) >= 11 is 0. The van der Waals surface area contributed by atoms with E-state index in [0.29, 0.717) is 24.7 Å². The molecule has 1 aromatic rings. The third-order valence-electron chi connectivity index (χ3n) is 4.97. The summed E-state index contributed by atoms with van der Waals surface area (Å²) in [5.74, 6) is -0.369. The maximum Gasteiger partial charge on any atom is 0.308 e. The number of hydrogen-bond acceptors (Lipinski definition) is 6. The molecule has 148 valence electrons. The van der Waals surface area contributed by atoms with Gasteiger partial charge in [-0.05, 0) is 12.1 Å². The van der Waals surface area contributed by atoms with E-state index in [4.69, 9.17) is 19.3 Å². The molecule has 0 spiro atoms. The van der Waals surface area contributed by atoms with Crippen LogP contribution in [-0.2, 0) is 20.9 Å². The highest BCUT2D eigenvalue weighted by Crippen LogP contribution is 2.28. The number of nitrogens with zero attached hydrogens (tertiary/aromatic N) is 2. The zero-order chi connectivity index (χ0) is 19.2. The molecule has 1 aromatic carbocycles. The summed E-state index contributed by atoms with van der Waals surface area (Å²) in [5, 5.41) is 9.14.